The van der Waals surface area contributed by atoms with Crippen LogP contribution in [-0.2, 0) is 11.3 Å². The summed E-state index contributed by atoms with van der Waals surface area (Å²) in [7, 11) is 0. The van der Waals surface area contributed by atoms with Gasteiger partial charge in [0.05, 0.1) is 12.7 Å². The molecule has 0 heterocycles. The van der Waals surface area contributed by atoms with Crippen LogP contribution in [0.5, 0.6) is 0 Å². The first kappa shape index (κ1) is 13.6. The van der Waals surface area contributed by atoms with Crippen LogP contribution in [0.25, 0.3) is 0 Å². The molecule has 0 radical (unpaired) electrons. The Kier molecular flexibility index (Phi) is 5.21. The number of rotatable bonds is 6. The summed E-state index contributed by atoms with van der Waals surface area (Å²) in [6.07, 6.45) is 5.75. The molecule has 1 aliphatic carbocycles. The van der Waals surface area contributed by atoms with E-state index in [9.17, 15) is 0 Å². The summed E-state index contributed by atoms with van der Waals surface area (Å²) >= 11 is 0. The average molecular weight is 247 g/mol. The standard InChI is InChI=1S/C16H25NO/c1-13-9-14(2)11-15(10-13)12-17-7-8-18-16-5-3-4-6-16/h9-11,16-17H,3-8,12H2,1-2H3. The zero-order valence-corrected chi connectivity index (χ0v) is 11.7. The molecule has 2 rings (SSSR count). The average Bonchev–Trinajstić information content (AvgIpc) is 2.80. The smallest absolute Gasteiger partial charge is 0.0594 e. The predicted octanol–water partition coefficient (Wildman–Crippen LogP) is 3.35. The Morgan fingerprint density at radius 3 is 2.44 bits per heavy atom. The first-order valence-corrected chi connectivity index (χ1v) is 7.13. The SMILES string of the molecule is Cc1cc(C)cc(CNCCOC2CCCC2)c1. The molecule has 2 nitrogen and oxygen atoms in total. The van der Waals surface area contributed by atoms with Crippen LogP contribution < -0.4 is 5.32 Å². The maximum Gasteiger partial charge on any atom is 0.0594 e. The van der Waals surface area contributed by atoms with Crippen LogP contribution >= 0.6 is 0 Å². The minimum atomic E-state index is 0.535. The third kappa shape index (κ3) is 4.43. The number of nitrogens with one attached hydrogen (secondary N) is 1. The van der Waals surface area contributed by atoms with Gasteiger partial charge in [0.2, 0.25) is 0 Å². The van der Waals surface area contributed by atoms with Crippen LogP contribution in [0.4, 0.5) is 0 Å². The maximum absolute atomic E-state index is 5.83. The van der Waals surface area contributed by atoms with E-state index >= 15 is 0 Å². The van der Waals surface area contributed by atoms with E-state index in [0.717, 1.165) is 19.7 Å². The van der Waals surface area contributed by atoms with Crippen LogP contribution in [0.15, 0.2) is 18.2 Å². The molecule has 18 heavy (non-hydrogen) atoms. The van der Waals surface area contributed by atoms with Crippen LogP contribution in [-0.4, -0.2) is 19.3 Å². The quantitative estimate of drug-likeness (QED) is 0.778. The summed E-state index contributed by atoms with van der Waals surface area (Å²) in [5.74, 6) is 0. The van der Waals surface area contributed by atoms with Crippen molar-refractivity contribution in [3.05, 3.63) is 34.9 Å². The molecule has 0 aromatic heterocycles. The summed E-state index contributed by atoms with van der Waals surface area (Å²) in [4.78, 5) is 0. The van der Waals surface area contributed by atoms with Crippen molar-refractivity contribution in [2.75, 3.05) is 13.2 Å². The lowest BCUT2D eigenvalue weighted by Crippen LogP contribution is -2.22. The summed E-state index contributed by atoms with van der Waals surface area (Å²) in [6, 6.07) is 6.71. The molecule has 1 aromatic rings. The fourth-order valence-electron chi connectivity index (χ4n) is 2.76. The Hall–Kier alpha value is -0.860. The van der Waals surface area contributed by atoms with Gasteiger partial charge < -0.3 is 10.1 Å². The molecule has 2 heteroatoms. The van der Waals surface area contributed by atoms with Gasteiger partial charge in [-0.2, -0.15) is 0 Å². The summed E-state index contributed by atoms with van der Waals surface area (Å²) in [6.45, 7) is 7.04. The summed E-state index contributed by atoms with van der Waals surface area (Å²) < 4.78 is 5.83. The maximum atomic E-state index is 5.83. The van der Waals surface area contributed by atoms with Crippen LogP contribution in [0, 0.1) is 13.8 Å². The summed E-state index contributed by atoms with van der Waals surface area (Å²) in [5.41, 5.74) is 4.05. The van der Waals surface area contributed by atoms with Crippen molar-refractivity contribution in [3.63, 3.8) is 0 Å². The number of hydrogen-bond acceptors (Lipinski definition) is 2. The minimum Gasteiger partial charge on any atom is -0.377 e. The van der Waals surface area contributed by atoms with Crippen LogP contribution in [0.1, 0.15) is 42.4 Å². The highest BCUT2D eigenvalue weighted by Crippen LogP contribution is 2.20. The highest BCUT2D eigenvalue weighted by atomic mass is 16.5. The predicted molar refractivity (Wildman–Crippen MR) is 75.8 cm³/mol. The van der Waals surface area contributed by atoms with Crippen LogP contribution in [0.3, 0.4) is 0 Å². The molecule has 100 valence electrons. The Morgan fingerprint density at radius 2 is 1.78 bits per heavy atom. The van der Waals surface area contributed by atoms with Crippen LogP contribution in [0.2, 0.25) is 0 Å². The fraction of sp³-hybridized carbons (Fsp3) is 0.625. The molecule has 0 aliphatic heterocycles. The van der Waals surface area contributed by atoms with E-state index in [2.05, 4.69) is 37.4 Å². The third-order valence-electron chi connectivity index (χ3n) is 3.55. The summed E-state index contributed by atoms with van der Waals surface area (Å²) in [5, 5.41) is 3.46. The highest BCUT2D eigenvalue weighted by Gasteiger charge is 2.14. The number of hydrogen-bond donors (Lipinski definition) is 1. The largest absolute Gasteiger partial charge is 0.377 e. The van der Waals surface area contributed by atoms with Gasteiger partial charge in [0.25, 0.3) is 0 Å². The normalized spacial score (nSPS) is 16.3. The molecule has 0 unspecified atom stereocenters. The van der Waals surface area contributed by atoms with E-state index < -0.39 is 0 Å². The minimum absolute atomic E-state index is 0.535. The van der Waals surface area contributed by atoms with Gasteiger partial charge in [-0.25, -0.2) is 0 Å². The molecule has 1 aromatic carbocycles. The molecule has 0 saturated heterocycles. The van der Waals surface area contributed by atoms with E-state index in [1.807, 2.05) is 0 Å². The van der Waals surface area contributed by atoms with Crippen molar-refractivity contribution < 1.29 is 4.74 Å². The van der Waals surface area contributed by atoms with Crippen molar-refractivity contribution in [1.82, 2.24) is 5.32 Å². The van der Waals surface area contributed by atoms with Crippen molar-refractivity contribution in [2.45, 2.75) is 52.2 Å². The molecule has 0 amide bonds. The Morgan fingerprint density at radius 1 is 1.11 bits per heavy atom. The van der Waals surface area contributed by atoms with Gasteiger partial charge in [-0.1, -0.05) is 42.2 Å². The lowest BCUT2D eigenvalue weighted by molar-refractivity contribution is 0.0603. The molecule has 0 bridgehead atoms. The Labute approximate surface area is 111 Å². The van der Waals surface area contributed by atoms with E-state index in [1.165, 1.54) is 42.4 Å². The molecular weight excluding hydrogens is 222 g/mol. The van der Waals surface area contributed by atoms with Crippen molar-refractivity contribution in [1.29, 1.82) is 0 Å². The second kappa shape index (κ2) is 6.91. The second-order valence-electron chi connectivity index (χ2n) is 5.45. The van der Waals surface area contributed by atoms with Gasteiger partial charge in [-0.15, -0.1) is 0 Å². The van der Waals surface area contributed by atoms with E-state index in [0.29, 0.717) is 6.10 Å². The lowest BCUT2D eigenvalue weighted by atomic mass is 10.1. The van der Waals surface area contributed by atoms with Crippen molar-refractivity contribution >= 4 is 0 Å². The highest BCUT2D eigenvalue weighted by molar-refractivity contribution is 5.28. The van der Waals surface area contributed by atoms with Gasteiger partial charge in [-0.3, -0.25) is 0 Å². The van der Waals surface area contributed by atoms with Gasteiger partial charge in [0, 0.05) is 13.1 Å². The molecule has 1 saturated carbocycles. The number of ether oxygens (including phenoxy) is 1. The van der Waals surface area contributed by atoms with E-state index in [1.54, 1.807) is 0 Å². The number of benzene rings is 1. The first-order valence-electron chi connectivity index (χ1n) is 7.13. The van der Waals surface area contributed by atoms with Gasteiger partial charge in [0.15, 0.2) is 0 Å². The molecule has 1 N–H and O–H groups in total. The Bertz CT molecular complexity index is 349. The first-order chi connectivity index (χ1) is 8.74. The second-order valence-corrected chi connectivity index (χ2v) is 5.45. The van der Waals surface area contributed by atoms with E-state index in [4.69, 9.17) is 4.74 Å². The monoisotopic (exact) mass is 247 g/mol. The Balaban J connectivity index is 1.62. The lowest BCUT2D eigenvalue weighted by Gasteiger charge is -2.12. The van der Waals surface area contributed by atoms with Gasteiger partial charge in [-0.05, 0) is 32.3 Å². The molecule has 1 fully saturated rings. The van der Waals surface area contributed by atoms with Gasteiger partial charge in [0.1, 0.15) is 0 Å². The third-order valence-corrected chi connectivity index (χ3v) is 3.55. The topological polar surface area (TPSA) is 21.3 Å². The zero-order valence-electron chi connectivity index (χ0n) is 11.7. The molecule has 0 spiro atoms. The fourth-order valence-corrected chi connectivity index (χ4v) is 2.76. The molecule has 1 aliphatic rings. The van der Waals surface area contributed by atoms with E-state index in [-0.39, 0.29) is 0 Å². The molecular formula is C16H25NO. The zero-order chi connectivity index (χ0) is 12.8. The van der Waals surface area contributed by atoms with Crippen molar-refractivity contribution in [3.8, 4) is 0 Å². The number of aryl methyl sites for hydroxylation is 2. The van der Waals surface area contributed by atoms with Crippen molar-refractivity contribution in [2.24, 2.45) is 0 Å². The molecule has 0 atom stereocenters. The van der Waals surface area contributed by atoms with Gasteiger partial charge >= 0.3 is 0 Å².